The van der Waals surface area contributed by atoms with E-state index in [0.717, 1.165) is 73.5 Å². The monoisotopic (exact) mass is 832 g/mol. The van der Waals surface area contributed by atoms with E-state index in [1.54, 1.807) is 11.0 Å². The van der Waals surface area contributed by atoms with Gasteiger partial charge in [0.2, 0.25) is 5.79 Å². The Labute approximate surface area is 357 Å². The number of carbonyl (C=O) groups excluding carboxylic acids is 1. The zero-order valence-electron chi connectivity index (χ0n) is 36.4. The van der Waals surface area contributed by atoms with Crippen molar-refractivity contribution in [2.24, 2.45) is 22.9 Å². The van der Waals surface area contributed by atoms with E-state index in [9.17, 15) is 15.0 Å². The molecular formula is C48H69N3O9. The van der Waals surface area contributed by atoms with E-state index in [2.05, 4.69) is 23.6 Å². The third kappa shape index (κ3) is 11.5. The molecular weight excluding hydrogens is 763 g/mol. The quantitative estimate of drug-likeness (QED) is 0.0467. The van der Waals surface area contributed by atoms with Crippen LogP contribution in [0.2, 0.25) is 0 Å². The van der Waals surface area contributed by atoms with Crippen LogP contribution < -0.4 is 9.47 Å². The number of nitrogens with zero attached hydrogens (tertiary/aromatic N) is 3. The average molecular weight is 832 g/mol. The van der Waals surface area contributed by atoms with Gasteiger partial charge in [0, 0.05) is 57.3 Å². The van der Waals surface area contributed by atoms with E-state index in [4.69, 9.17) is 33.7 Å². The minimum Gasteiger partial charge on any atom is -0.492 e. The maximum absolute atomic E-state index is 14.5. The average Bonchev–Trinajstić information content (AvgIpc) is 4.07. The molecule has 2 aliphatic carbocycles. The summed E-state index contributed by atoms with van der Waals surface area (Å²) in [7, 11) is 0. The molecule has 12 nitrogen and oxygen atoms in total. The van der Waals surface area contributed by atoms with E-state index >= 15 is 0 Å². The Balaban J connectivity index is 1.45. The van der Waals surface area contributed by atoms with Crippen molar-refractivity contribution >= 4 is 11.8 Å². The number of hydrogen-bond donors (Lipinski definition) is 2. The van der Waals surface area contributed by atoms with E-state index in [0.29, 0.717) is 51.2 Å². The third-order valence-electron chi connectivity index (χ3n) is 11.9. The van der Waals surface area contributed by atoms with Gasteiger partial charge in [0.1, 0.15) is 36.4 Å². The summed E-state index contributed by atoms with van der Waals surface area (Å²) in [4.78, 5) is 24.8. The summed E-state index contributed by atoms with van der Waals surface area (Å²) in [5.41, 5.74) is 3.26. The summed E-state index contributed by atoms with van der Waals surface area (Å²) in [5.74, 6) is -0.188. The van der Waals surface area contributed by atoms with Crippen LogP contribution in [-0.4, -0.2) is 115 Å². The largest absolute Gasteiger partial charge is 0.492 e. The predicted molar refractivity (Wildman–Crippen MR) is 232 cm³/mol. The van der Waals surface area contributed by atoms with Gasteiger partial charge in [0.15, 0.2) is 0 Å². The molecule has 2 heterocycles. The van der Waals surface area contributed by atoms with Crippen molar-refractivity contribution in [1.82, 2.24) is 9.80 Å². The Hall–Kier alpha value is -3.94. The predicted octanol–water partition coefficient (Wildman–Crippen LogP) is 7.88. The maximum Gasteiger partial charge on any atom is 0.410 e. The maximum atomic E-state index is 14.5. The first-order valence-corrected chi connectivity index (χ1v) is 22.3. The van der Waals surface area contributed by atoms with Gasteiger partial charge in [0.05, 0.1) is 31.5 Å². The molecule has 330 valence electrons. The number of hydrogen-bond acceptors (Lipinski definition) is 11. The molecule has 4 aliphatic rings. The van der Waals surface area contributed by atoms with Gasteiger partial charge in [-0.15, -0.1) is 6.58 Å². The van der Waals surface area contributed by atoms with E-state index < -0.39 is 29.4 Å². The second-order valence-corrected chi connectivity index (χ2v) is 17.5. The number of ether oxygens (including phenoxy) is 5. The molecule has 1 amide bonds. The van der Waals surface area contributed by atoms with Gasteiger partial charge in [0.25, 0.3) is 0 Å². The van der Waals surface area contributed by atoms with Crippen LogP contribution in [0.5, 0.6) is 11.5 Å². The topological polar surface area (TPSA) is 132 Å². The Bertz CT molecular complexity index is 1740. The number of unbranched alkanes of at least 4 members (excludes halogenated alkanes) is 2. The molecule has 2 fully saturated rings. The molecule has 6 rings (SSSR count). The summed E-state index contributed by atoms with van der Waals surface area (Å²) >= 11 is 0. The zero-order chi connectivity index (χ0) is 42.5. The number of oxime groups is 1. The number of rotatable bonds is 24. The Morgan fingerprint density at radius 2 is 1.80 bits per heavy atom. The second kappa shape index (κ2) is 21.7. The van der Waals surface area contributed by atoms with Gasteiger partial charge < -0.3 is 38.7 Å². The molecule has 2 aliphatic heterocycles. The van der Waals surface area contributed by atoms with Gasteiger partial charge in [-0.25, -0.2) is 4.79 Å². The third-order valence-corrected chi connectivity index (χ3v) is 11.9. The molecule has 60 heavy (non-hydrogen) atoms. The lowest BCUT2D eigenvalue weighted by molar-refractivity contribution is -0.255. The van der Waals surface area contributed by atoms with Crippen LogP contribution in [0.15, 0.2) is 78.0 Å². The number of benzene rings is 2. The fraction of sp³-hybridized carbons (Fsp3) is 0.625. The van der Waals surface area contributed by atoms with Crippen molar-refractivity contribution in [1.29, 1.82) is 0 Å². The molecule has 6 unspecified atom stereocenters. The summed E-state index contributed by atoms with van der Waals surface area (Å²) in [6.07, 6.45) is 9.40. The molecule has 0 radical (unpaired) electrons. The van der Waals surface area contributed by atoms with Crippen LogP contribution in [0.3, 0.4) is 0 Å². The van der Waals surface area contributed by atoms with Crippen molar-refractivity contribution in [2.45, 2.75) is 109 Å². The van der Waals surface area contributed by atoms with Crippen LogP contribution in [0, 0.1) is 17.8 Å². The lowest BCUT2D eigenvalue weighted by Gasteiger charge is -2.60. The van der Waals surface area contributed by atoms with E-state index in [-0.39, 0.29) is 50.8 Å². The Kier molecular flexibility index (Phi) is 16.5. The molecule has 2 aromatic carbocycles. The van der Waals surface area contributed by atoms with Crippen LogP contribution in [0.1, 0.15) is 96.1 Å². The van der Waals surface area contributed by atoms with Crippen LogP contribution in [0.25, 0.3) is 0 Å². The second-order valence-electron chi connectivity index (χ2n) is 17.5. The van der Waals surface area contributed by atoms with E-state index in [1.165, 1.54) is 0 Å². The van der Waals surface area contributed by atoms with Crippen molar-refractivity contribution in [3.05, 3.63) is 84.0 Å². The number of fused-ring (bicyclic) bond motifs is 2. The fourth-order valence-corrected chi connectivity index (χ4v) is 9.17. The van der Waals surface area contributed by atoms with E-state index in [1.807, 2.05) is 70.2 Å². The molecule has 2 aromatic rings. The summed E-state index contributed by atoms with van der Waals surface area (Å²) in [6, 6.07) is 15.4. The molecule has 1 saturated carbocycles. The lowest BCUT2D eigenvalue weighted by atomic mass is 9.55. The van der Waals surface area contributed by atoms with Crippen molar-refractivity contribution in [3.8, 4) is 11.5 Å². The Morgan fingerprint density at radius 3 is 2.50 bits per heavy atom. The highest BCUT2D eigenvalue weighted by Crippen LogP contribution is 2.62. The van der Waals surface area contributed by atoms with Gasteiger partial charge in [-0.3, -0.25) is 9.80 Å². The highest BCUT2D eigenvalue weighted by molar-refractivity contribution is 6.03. The van der Waals surface area contributed by atoms with Crippen LogP contribution >= 0.6 is 0 Å². The van der Waals surface area contributed by atoms with Gasteiger partial charge in [-0.1, -0.05) is 67.4 Å². The van der Waals surface area contributed by atoms with Gasteiger partial charge >= 0.3 is 6.09 Å². The number of aliphatic hydroxyl groups excluding tert-OH is 2. The van der Waals surface area contributed by atoms with Crippen molar-refractivity contribution in [3.63, 3.8) is 0 Å². The lowest BCUT2D eigenvalue weighted by Crippen LogP contribution is -2.70. The number of amides is 1. The molecule has 0 bridgehead atoms. The Morgan fingerprint density at radius 1 is 1.03 bits per heavy atom. The minimum atomic E-state index is -1.36. The first-order valence-electron chi connectivity index (χ1n) is 22.3. The van der Waals surface area contributed by atoms with Crippen molar-refractivity contribution in [2.75, 3.05) is 65.8 Å². The highest BCUT2D eigenvalue weighted by Gasteiger charge is 2.65. The smallest absolute Gasteiger partial charge is 0.410 e. The first-order chi connectivity index (χ1) is 29.1. The molecule has 6 atom stereocenters. The van der Waals surface area contributed by atoms with Gasteiger partial charge in [-0.05, 0) is 94.0 Å². The first kappa shape index (κ1) is 45.6. The van der Waals surface area contributed by atoms with Gasteiger partial charge in [-0.2, -0.15) is 0 Å². The summed E-state index contributed by atoms with van der Waals surface area (Å²) in [6.45, 7) is 17.3. The molecule has 12 heteroatoms. The summed E-state index contributed by atoms with van der Waals surface area (Å²) in [5, 5.41) is 24.7. The summed E-state index contributed by atoms with van der Waals surface area (Å²) < 4.78 is 32.7. The van der Waals surface area contributed by atoms with Crippen molar-refractivity contribution < 1.29 is 43.5 Å². The van der Waals surface area contributed by atoms with Crippen LogP contribution in [0.4, 0.5) is 4.79 Å². The molecule has 2 N–H and O–H groups in total. The molecule has 1 saturated heterocycles. The normalized spacial score (nSPS) is 25.1. The number of allylic oxidation sites excluding steroid dienone is 1. The molecule has 0 aromatic heterocycles. The number of carbonyl (C=O) groups is 1. The standard InChI is InChI=1S/C48H69N3O9/c1-6-21-51(46(54)57-30-29-55-34-35-15-9-8-10-16-35)43-33-41(49-60-47(3,4)5)39-31-36(17-11-13-25-52)38(18-12-14-26-53)44-40-32-37(56-28-24-50-22-23-50)19-20-42(40)59-48(43,45(39)44)58-27-7-2/h7-10,15-16,19-20,31-32,36,38,43-45,52-53H,2,6,11-14,17-18,21-30,33-34H2,1,3-5H3. The van der Waals surface area contributed by atoms with Crippen LogP contribution in [-0.2, 0) is 25.7 Å². The molecule has 0 spiro atoms. The minimum absolute atomic E-state index is 0.0804. The highest BCUT2D eigenvalue weighted by atomic mass is 16.7. The SMILES string of the molecule is C=CCOC12Oc3ccc(OCCN4CC4)cc3C3C(CCCCO)C(CCCCO)C=C(C(=NOC(C)(C)C)CC1N(CCC)C(=O)OCCOCc1ccccc1)C32. The number of aliphatic hydroxyl groups is 2. The zero-order valence-corrected chi connectivity index (χ0v) is 36.4. The fourth-order valence-electron chi connectivity index (χ4n) is 9.17.